The number of rotatable bonds is 5. The second kappa shape index (κ2) is 8.55. The molecule has 5 heteroatoms. The Morgan fingerprint density at radius 1 is 1.30 bits per heavy atom. The van der Waals surface area contributed by atoms with Gasteiger partial charge in [0.25, 0.3) is 0 Å². The summed E-state index contributed by atoms with van der Waals surface area (Å²) in [6, 6.07) is 7.90. The van der Waals surface area contributed by atoms with Gasteiger partial charge in [-0.1, -0.05) is 12.1 Å². The second-order valence-electron chi connectivity index (χ2n) is 6.65. The van der Waals surface area contributed by atoms with Crippen LogP contribution >= 0.6 is 12.4 Å². The molecule has 130 valence electrons. The number of halogens is 1. The van der Waals surface area contributed by atoms with Gasteiger partial charge in [-0.25, -0.2) is 0 Å². The molecule has 1 aromatic rings. The predicted octanol–water partition coefficient (Wildman–Crippen LogP) is 3.61. The first-order valence-corrected chi connectivity index (χ1v) is 8.23. The maximum atomic E-state index is 12.6. The monoisotopic (exact) mass is 340 g/mol. The highest BCUT2D eigenvalue weighted by molar-refractivity contribution is 5.86. The number of hydrogen-bond donors (Lipinski definition) is 2. The summed E-state index contributed by atoms with van der Waals surface area (Å²) in [6.07, 6.45) is 3.28. The van der Waals surface area contributed by atoms with Crippen LogP contribution in [0.3, 0.4) is 0 Å². The number of amides is 1. The van der Waals surface area contributed by atoms with Crippen LogP contribution in [0.5, 0.6) is 5.75 Å². The molecule has 1 aromatic carbocycles. The highest BCUT2D eigenvalue weighted by Crippen LogP contribution is 2.23. The molecular weight excluding hydrogens is 312 g/mol. The number of hydrogen-bond acceptors (Lipinski definition) is 3. The molecule has 2 unspecified atom stereocenters. The van der Waals surface area contributed by atoms with Crippen LogP contribution in [0.1, 0.15) is 58.6 Å². The highest BCUT2D eigenvalue weighted by Gasteiger charge is 2.34. The van der Waals surface area contributed by atoms with E-state index in [-0.39, 0.29) is 30.5 Å². The molecular formula is C18H29ClN2O2. The van der Waals surface area contributed by atoms with Crippen molar-refractivity contribution in [1.82, 2.24) is 10.6 Å². The molecule has 1 aliphatic heterocycles. The van der Waals surface area contributed by atoms with E-state index in [0.717, 1.165) is 37.1 Å². The first-order chi connectivity index (χ1) is 10.4. The first-order valence-electron chi connectivity index (χ1n) is 8.23. The number of ether oxygens (including phenoxy) is 1. The molecule has 1 amide bonds. The lowest BCUT2D eigenvalue weighted by Gasteiger charge is -2.34. The summed E-state index contributed by atoms with van der Waals surface area (Å²) in [5.41, 5.74) is 0.615. The van der Waals surface area contributed by atoms with E-state index in [4.69, 9.17) is 4.74 Å². The van der Waals surface area contributed by atoms with Gasteiger partial charge in [-0.05, 0) is 71.2 Å². The minimum Gasteiger partial charge on any atom is -0.491 e. The third-order valence-electron chi connectivity index (χ3n) is 4.20. The van der Waals surface area contributed by atoms with Gasteiger partial charge in [0.2, 0.25) is 5.91 Å². The van der Waals surface area contributed by atoms with Crippen LogP contribution in [-0.2, 0) is 4.79 Å². The Labute approximate surface area is 145 Å². The minimum atomic E-state index is -0.446. The summed E-state index contributed by atoms with van der Waals surface area (Å²) in [7, 11) is 0. The fourth-order valence-corrected chi connectivity index (χ4v) is 2.82. The maximum absolute atomic E-state index is 12.6. The van der Waals surface area contributed by atoms with E-state index in [1.54, 1.807) is 0 Å². The first kappa shape index (κ1) is 19.8. The van der Waals surface area contributed by atoms with Gasteiger partial charge >= 0.3 is 0 Å². The van der Waals surface area contributed by atoms with Gasteiger partial charge in [-0.15, -0.1) is 12.4 Å². The number of carbonyl (C=O) groups excluding carboxylic acids is 1. The van der Waals surface area contributed by atoms with Crippen molar-refractivity contribution in [2.45, 2.75) is 64.6 Å². The Morgan fingerprint density at radius 2 is 2.04 bits per heavy atom. The molecule has 23 heavy (non-hydrogen) atoms. The van der Waals surface area contributed by atoms with Gasteiger partial charge < -0.3 is 15.4 Å². The van der Waals surface area contributed by atoms with Crippen LogP contribution in [0.4, 0.5) is 0 Å². The molecule has 1 heterocycles. The molecule has 0 bridgehead atoms. The van der Waals surface area contributed by atoms with Crippen molar-refractivity contribution in [3.63, 3.8) is 0 Å². The predicted molar refractivity (Wildman–Crippen MR) is 96.3 cm³/mol. The molecule has 0 aliphatic carbocycles. The van der Waals surface area contributed by atoms with Crippen molar-refractivity contribution in [2.75, 3.05) is 6.54 Å². The van der Waals surface area contributed by atoms with Crippen molar-refractivity contribution in [2.24, 2.45) is 0 Å². The lowest BCUT2D eigenvalue weighted by Crippen LogP contribution is -2.57. The lowest BCUT2D eigenvalue weighted by molar-refractivity contribution is -0.128. The van der Waals surface area contributed by atoms with Gasteiger partial charge in [-0.2, -0.15) is 0 Å². The Balaban J connectivity index is 0.00000264. The quantitative estimate of drug-likeness (QED) is 0.861. The molecule has 1 aliphatic rings. The van der Waals surface area contributed by atoms with Gasteiger partial charge in [0, 0.05) is 0 Å². The van der Waals surface area contributed by atoms with Gasteiger partial charge in [0.15, 0.2) is 0 Å². The Kier molecular flexibility index (Phi) is 7.36. The SMILES string of the molecule is CC(C)Oc1cccc(C(C)NC(=O)C2(C)CCCCN2)c1.Cl. The molecule has 1 fully saturated rings. The van der Waals surface area contributed by atoms with E-state index in [1.807, 2.05) is 52.0 Å². The smallest absolute Gasteiger partial charge is 0.240 e. The topological polar surface area (TPSA) is 50.4 Å². The molecule has 0 saturated carbocycles. The Morgan fingerprint density at radius 3 is 2.65 bits per heavy atom. The summed E-state index contributed by atoms with van der Waals surface area (Å²) in [5, 5.41) is 6.48. The molecule has 2 rings (SSSR count). The van der Waals surface area contributed by atoms with Crippen molar-refractivity contribution in [1.29, 1.82) is 0 Å². The van der Waals surface area contributed by atoms with Crippen molar-refractivity contribution >= 4 is 18.3 Å². The largest absolute Gasteiger partial charge is 0.491 e. The fraction of sp³-hybridized carbons (Fsp3) is 0.611. The molecule has 0 radical (unpaired) electrons. The van der Waals surface area contributed by atoms with E-state index in [9.17, 15) is 4.79 Å². The zero-order chi connectivity index (χ0) is 16.2. The molecule has 1 saturated heterocycles. The van der Waals surface area contributed by atoms with Crippen LogP contribution in [-0.4, -0.2) is 24.1 Å². The van der Waals surface area contributed by atoms with E-state index in [1.165, 1.54) is 0 Å². The molecule has 2 atom stereocenters. The van der Waals surface area contributed by atoms with Gasteiger partial charge in [0.05, 0.1) is 17.7 Å². The zero-order valence-electron chi connectivity index (χ0n) is 14.5. The average molecular weight is 341 g/mol. The number of piperidine rings is 1. The van der Waals surface area contributed by atoms with Gasteiger partial charge in [-0.3, -0.25) is 4.79 Å². The fourth-order valence-electron chi connectivity index (χ4n) is 2.82. The standard InChI is InChI=1S/C18H28N2O2.ClH/c1-13(2)22-16-9-7-8-15(12-16)14(3)20-17(21)18(4)10-5-6-11-19-18;/h7-9,12-14,19H,5-6,10-11H2,1-4H3,(H,20,21);1H. The summed E-state index contributed by atoms with van der Waals surface area (Å²) >= 11 is 0. The van der Waals surface area contributed by atoms with Crippen LogP contribution in [0.25, 0.3) is 0 Å². The molecule has 4 nitrogen and oxygen atoms in total. The highest BCUT2D eigenvalue weighted by atomic mass is 35.5. The second-order valence-corrected chi connectivity index (χ2v) is 6.65. The third-order valence-corrected chi connectivity index (χ3v) is 4.20. The van der Waals surface area contributed by atoms with Crippen molar-refractivity contribution < 1.29 is 9.53 Å². The van der Waals surface area contributed by atoms with Gasteiger partial charge in [0.1, 0.15) is 5.75 Å². The average Bonchev–Trinajstić information content (AvgIpc) is 2.47. The minimum absolute atomic E-state index is 0. The van der Waals surface area contributed by atoms with Crippen LogP contribution < -0.4 is 15.4 Å². The lowest BCUT2D eigenvalue weighted by atomic mass is 9.89. The van der Waals surface area contributed by atoms with E-state index < -0.39 is 5.54 Å². The Bertz CT molecular complexity index is 513. The number of nitrogens with one attached hydrogen (secondary N) is 2. The third kappa shape index (κ3) is 5.40. The maximum Gasteiger partial charge on any atom is 0.240 e. The molecule has 2 N–H and O–H groups in total. The van der Waals surface area contributed by atoms with E-state index in [2.05, 4.69) is 10.6 Å². The summed E-state index contributed by atoms with van der Waals surface area (Å²) in [6.45, 7) is 8.93. The normalized spacial score (nSPS) is 22.1. The van der Waals surface area contributed by atoms with Crippen molar-refractivity contribution in [3.8, 4) is 5.75 Å². The van der Waals surface area contributed by atoms with Crippen LogP contribution in [0.15, 0.2) is 24.3 Å². The van der Waals surface area contributed by atoms with Crippen LogP contribution in [0, 0.1) is 0 Å². The summed E-state index contributed by atoms with van der Waals surface area (Å²) in [4.78, 5) is 12.6. The summed E-state index contributed by atoms with van der Waals surface area (Å²) in [5.74, 6) is 0.922. The zero-order valence-corrected chi connectivity index (χ0v) is 15.3. The Hall–Kier alpha value is -1.26. The van der Waals surface area contributed by atoms with E-state index >= 15 is 0 Å². The van der Waals surface area contributed by atoms with Crippen molar-refractivity contribution in [3.05, 3.63) is 29.8 Å². The van der Waals surface area contributed by atoms with E-state index in [0.29, 0.717) is 0 Å². The number of benzene rings is 1. The summed E-state index contributed by atoms with van der Waals surface area (Å²) < 4.78 is 5.72. The van der Waals surface area contributed by atoms with Crippen LogP contribution in [0.2, 0.25) is 0 Å². The number of carbonyl (C=O) groups is 1. The molecule has 0 aromatic heterocycles. The molecule has 0 spiro atoms.